The van der Waals surface area contributed by atoms with E-state index in [2.05, 4.69) is 15.8 Å². The molecule has 1 aromatic heterocycles. The number of nitrogens with one attached hydrogen (secondary N) is 2. The molecular weight excluding hydrogens is 340 g/mol. The number of nitrogens with zero attached hydrogens (tertiary/aromatic N) is 2. The Hall–Kier alpha value is -2.15. The first-order valence-electron chi connectivity index (χ1n) is 8.08. The van der Waals surface area contributed by atoms with E-state index in [4.69, 9.17) is 16.3 Å². The second-order valence-electron chi connectivity index (χ2n) is 6.05. The van der Waals surface area contributed by atoms with E-state index in [1.165, 1.54) is 0 Å². The van der Waals surface area contributed by atoms with Gasteiger partial charge in [-0.25, -0.2) is 15.8 Å². The Balaban J connectivity index is 1.63. The van der Waals surface area contributed by atoms with Crippen molar-refractivity contribution in [3.8, 4) is 5.75 Å². The Morgan fingerprint density at radius 3 is 2.96 bits per heavy atom. The lowest BCUT2D eigenvalue weighted by Crippen LogP contribution is -2.43. The Bertz CT molecular complexity index is 755. The number of hydrogen-bond acceptors (Lipinski definition) is 5. The van der Waals surface area contributed by atoms with Crippen LogP contribution in [0.25, 0.3) is 0 Å². The maximum atomic E-state index is 12.7. The second kappa shape index (κ2) is 7.82. The highest BCUT2D eigenvalue weighted by atomic mass is 35.5. The molecular formula is C18H21ClN4O2. The van der Waals surface area contributed by atoms with Gasteiger partial charge in [-0.15, -0.1) is 0 Å². The molecule has 1 saturated heterocycles. The predicted octanol–water partition coefficient (Wildman–Crippen LogP) is 2.31. The Labute approximate surface area is 152 Å². The summed E-state index contributed by atoms with van der Waals surface area (Å²) in [6, 6.07) is 11.3. The van der Waals surface area contributed by atoms with E-state index < -0.39 is 0 Å². The first kappa shape index (κ1) is 17.7. The number of amides is 1. The highest BCUT2D eigenvalue weighted by Crippen LogP contribution is 2.26. The van der Waals surface area contributed by atoms with Crippen LogP contribution in [-0.4, -0.2) is 36.0 Å². The van der Waals surface area contributed by atoms with Crippen molar-refractivity contribution in [1.29, 1.82) is 0 Å². The summed E-state index contributed by atoms with van der Waals surface area (Å²) in [5, 5.41) is 0.425. The van der Waals surface area contributed by atoms with Crippen LogP contribution in [0.15, 0.2) is 42.6 Å². The van der Waals surface area contributed by atoms with Gasteiger partial charge < -0.3 is 9.64 Å². The van der Waals surface area contributed by atoms with E-state index in [0.29, 0.717) is 18.1 Å². The Kier molecular flexibility index (Phi) is 5.53. The molecule has 0 radical (unpaired) electrons. The van der Waals surface area contributed by atoms with Gasteiger partial charge in [0, 0.05) is 31.4 Å². The third kappa shape index (κ3) is 4.10. The van der Waals surface area contributed by atoms with Gasteiger partial charge in [0.1, 0.15) is 16.9 Å². The summed E-state index contributed by atoms with van der Waals surface area (Å²) in [5.41, 5.74) is 8.20. The lowest BCUT2D eigenvalue weighted by Gasteiger charge is -2.21. The molecule has 2 atom stereocenters. The number of ether oxygens (including phenoxy) is 1. The monoisotopic (exact) mass is 360 g/mol. The number of likely N-dealkylation sites (N-methyl/N-ethyl adjacent to an activating group) is 1. The molecule has 6 nitrogen and oxygen atoms in total. The summed E-state index contributed by atoms with van der Waals surface area (Å²) in [7, 11) is 3.41. The third-order valence-electron chi connectivity index (χ3n) is 4.32. The second-order valence-corrected chi connectivity index (χ2v) is 6.41. The summed E-state index contributed by atoms with van der Waals surface area (Å²) in [4.78, 5) is 18.4. The Morgan fingerprint density at radius 2 is 2.20 bits per heavy atom. The van der Waals surface area contributed by atoms with E-state index in [1.807, 2.05) is 36.4 Å². The van der Waals surface area contributed by atoms with Crippen LogP contribution in [0.1, 0.15) is 23.6 Å². The third-order valence-corrected chi connectivity index (χ3v) is 4.66. The molecule has 0 aliphatic carbocycles. The molecule has 1 amide bonds. The number of rotatable bonds is 5. The van der Waals surface area contributed by atoms with Crippen LogP contribution in [-0.2, 0) is 11.3 Å². The SMILES string of the molecule is COc1cccc(C2CC(C(=O)N(C)Cc3cccnc3Cl)NN2)c1. The lowest BCUT2D eigenvalue weighted by molar-refractivity contribution is -0.132. The fraction of sp³-hybridized carbons (Fsp3) is 0.333. The largest absolute Gasteiger partial charge is 0.497 e. The molecule has 0 saturated carbocycles. The number of aromatic nitrogens is 1. The quantitative estimate of drug-likeness (QED) is 0.801. The van der Waals surface area contributed by atoms with Gasteiger partial charge in [0.2, 0.25) is 5.91 Å². The molecule has 1 aliphatic rings. The van der Waals surface area contributed by atoms with Crippen LogP contribution < -0.4 is 15.6 Å². The number of pyridine rings is 1. The van der Waals surface area contributed by atoms with Crippen molar-refractivity contribution in [3.63, 3.8) is 0 Å². The van der Waals surface area contributed by atoms with Crippen molar-refractivity contribution in [2.45, 2.75) is 25.0 Å². The zero-order valence-electron chi connectivity index (χ0n) is 14.2. The number of methoxy groups -OCH3 is 1. The molecule has 2 unspecified atom stereocenters. The number of carbonyl (C=O) groups excluding carboxylic acids is 1. The van der Waals surface area contributed by atoms with Crippen molar-refractivity contribution < 1.29 is 9.53 Å². The number of hydrazine groups is 1. The average Bonchev–Trinajstić information content (AvgIpc) is 3.13. The van der Waals surface area contributed by atoms with Gasteiger partial charge >= 0.3 is 0 Å². The van der Waals surface area contributed by atoms with Gasteiger partial charge in [-0.3, -0.25) is 4.79 Å². The molecule has 0 spiro atoms. The molecule has 2 N–H and O–H groups in total. The fourth-order valence-electron chi connectivity index (χ4n) is 2.93. The van der Waals surface area contributed by atoms with Crippen LogP contribution in [0.4, 0.5) is 0 Å². The molecule has 7 heteroatoms. The van der Waals surface area contributed by atoms with Crippen LogP contribution in [0.2, 0.25) is 5.15 Å². The van der Waals surface area contributed by atoms with Crippen molar-refractivity contribution in [1.82, 2.24) is 20.7 Å². The zero-order valence-corrected chi connectivity index (χ0v) is 15.0. The topological polar surface area (TPSA) is 66.5 Å². The maximum Gasteiger partial charge on any atom is 0.241 e. The summed E-state index contributed by atoms with van der Waals surface area (Å²) >= 11 is 6.08. The van der Waals surface area contributed by atoms with Gasteiger partial charge in [0.15, 0.2) is 0 Å². The van der Waals surface area contributed by atoms with Crippen LogP contribution >= 0.6 is 11.6 Å². The van der Waals surface area contributed by atoms with Crippen molar-refractivity contribution in [3.05, 3.63) is 58.9 Å². The standard InChI is InChI=1S/C18H21ClN4O2/c1-23(11-13-6-4-8-20-17(13)19)18(24)16-10-15(21-22-16)12-5-3-7-14(9-12)25-2/h3-9,15-16,21-22H,10-11H2,1-2H3. The number of hydrogen-bond donors (Lipinski definition) is 2. The summed E-state index contributed by atoms with van der Waals surface area (Å²) in [5.74, 6) is 0.815. The van der Waals surface area contributed by atoms with Gasteiger partial charge in [-0.2, -0.15) is 0 Å². The van der Waals surface area contributed by atoms with Gasteiger partial charge in [0.05, 0.1) is 7.11 Å². The molecule has 3 rings (SSSR count). The highest BCUT2D eigenvalue weighted by Gasteiger charge is 2.32. The van der Waals surface area contributed by atoms with Gasteiger partial charge in [-0.1, -0.05) is 29.8 Å². The minimum absolute atomic E-state index is 0.0119. The minimum Gasteiger partial charge on any atom is -0.497 e. The van der Waals surface area contributed by atoms with Crippen LogP contribution in [0, 0.1) is 0 Å². The first-order valence-corrected chi connectivity index (χ1v) is 8.45. The molecule has 2 heterocycles. The number of benzene rings is 1. The van der Waals surface area contributed by atoms with Crippen molar-refractivity contribution in [2.75, 3.05) is 14.2 Å². The first-order chi connectivity index (χ1) is 12.1. The fourth-order valence-corrected chi connectivity index (χ4v) is 3.11. The normalized spacial score (nSPS) is 19.6. The van der Waals surface area contributed by atoms with E-state index in [-0.39, 0.29) is 18.0 Å². The van der Waals surface area contributed by atoms with Crippen molar-refractivity contribution in [2.24, 2.45) is 0 Å². The van der Waals surface area contributed by atoms with Crippen LogP contribution in [0.3, 0.4) is 0 Å². The van der Waals surface area contributed by atoms with Gasteiger partial charge in [-0.05, 0) is 30.2 Å². The lowest BCUT2D eigenvalue weighted by atomic mass is 10.0. The average molecular weight is 361 g/mol. The molecule has 0 bridgehead atoms. The summed E-state index contributed by atoms with van der Waals surface area (Å²) < 4.78 is 5.26. The van der Waals surface area contributed by atoms with E-state index in [1.54, 1.807) is 25.3 Å². The molecule has 1 aliphatic heterocycles. The highest BCUT2D eigenvalue weighted by molar-refractivity contribution is 6.30. The molecule has 132 valence electrons. The Morgan fingerprint density at radius 1 is 1.36 bits per heavy atom. The van der Waals surface area contributed by atoms with Crippen LogP contribution in [0.5, 0.6) is 5.75 Å². The van der Waals surface area contributed by atoms with Crippen molar-refractivity contribution >= 4 is 17.5 Å². The van der Waals surface area contributed by atoms with E-state index in [0.717, 1.165) is 16.9 Å². The molecule has 1 fully saturated rings. The predicted molar refractivity (Wildman–Crippen MR) is 96.1 cm³/mol. The number of halogens is 1. The number of carbonyl (C=O) groups is 1. The maximum absolute atomic E-state index is 12.7. The van der Waals surface area contributed by atoms with E-state index in [9.17, 15) is 4.79 Å². The molecule has 25 heavy (non-hydrogen) atoms. The van der Waals surface area contributed by atoms with E-state index >= 15 is 0 Å². The molecule has 1 aromatic carbocycles. The summed E-state index contributed by atoms with van der Waals surface area (Å²) in [6.07, 6.45) is 2.30. The summed E-state index contributed by atoms with van der Waals surface area (Å²) in [6.45, 7) is 0.424. The molecule has 2 aromatic rings. The zero-order chi connectivity index (χ0) is 17.8. The smallest absolute Gasteiger partial charge is 0.241 e. The minimum atomic E-state index is -0.295. The van der Waals surface area contributed by atoms with Gasteiger partial charge in [0.25, 0.3) is 0 Å².